The van der Waals surface area contributed by atoms with E-state index in [0.717, 1.165) is 0 Å². The van der Waals surface area contributed by atoms with Crippen LogP contribution in [0.1, 0.15) is 20.8 Å². The lowest BCUT2D eigenvalue weighted by molar-refractivity contribution is -0.131. The van der Waals surface area contributed by atoms with Crippen molar-refractivity contribution in [2.45, 2.75) is 43.9 Å². The molecule has 8 nitrogen and oxygen atoms in total. The minimum atomic E-state index is -3.76. The van der Waals surface area contributed by atoms with E-state index < -0.39 is 21.7 Å². The molecule has 1 saturated heterocycles. The van der Waals surface area contributed by atoms with Gasteiger partial charge in [-0.2, -0.15) is 9.40 Å². The van der Waals surface area contributed by atoms with E-state index in [9.17, 15) is 13.5 Å². The maximum Gasteiger partial charge on any atom is 0.248 e. The molecule has 1 fully saturated rings. The third kappa shape index (κ3) is 3.20. The predicted molar refractivity (Wildman–Crippen MR) is 77.1 cm³/mol. The number of nitrogen functional groups attached to an aromatic ring is 1. The summed E-state index contributed by atoms with van der Waals surface area (Å²) in [6.07, 6.45) is 0.882. The van der Waals surface area contributed by atoms with Crippen molar-refractivity contribution in [1.82, 2.24) is 14.1 Å². The van der Waals surface area contributed by atoms with Gasteiger partial charge in [-0.1, -0.05) is 0 Å². The maximum atomic E-state index is 12.7. The quantitative estimate of drug-likeness (QED) is 0.785. The third-order valence-electron chi connectivity index (χ3n) is 3.35. The van der Waals surface area contributed by atoms with E-state index in [1.807, 2.05) is 6.92 Å². The summed E-state index contributed by atoms with van der Waals surface area (Å²) < 4.78 is 33.9. The smallest absolute Gasteiger partial charge is 0.248 e. The molecular weight excluding hydrogens is 296 g/mol. The molecule has 1 aromatic rings. The molecule has 1 aromatic heterocycles. The average Bonchev–Trinajstić information content (AvgIpc) is 2.78. The Balaban J connectivity index is 2.36. The Hall–Kier alpha value is -1.16. The number of morpholine rings is 1. The van der Waals surface area contributed by atoms with E-state index in [2.05, 4.69) is 5.10 Å². The largest absolute Gasteiger partial charge is 0.394 e. The molecule has 1 atom stereocenters. The molecule has 1 aliphatic rings. The first-order valence-corrected chi connectivity index (χ1v) is 8.25. The Bertz CT molecular complexity index is 611. The number of nitrogens with two attached hydrogens (primary N) is 1. The van der Waals surface area contributed by atoms with Crippen molar-refractivity contribution in [1.29, 1.82) is 0 Å². The van der Waals surface area contributed by atoms with E-state index in [-0.39, 0.29) is 30.4 Å². The topological polar surface area (TPSA) is 111 Å². The van der Waals surface area contributed by atoms with Crippen LogP contribution in [0.5, 0.6) is 0 Å². The Morgan fingerprint density at radius 2 is 2.24 bits per heavy atom. The summed E-state index contributed by atoms with van der Waals surface area (Å²) in [7, 11) is -3.76. The second kappa shape index (κ2) is 5.56. The monoisotopic (exact) mass is 318 g/mol. The highest BCUT2D eigenvalue weighted by Gasteiger charge is 2.40. The lowest BCUT2D eigenvalue weighted by atomic mass is 10.1. The van der Waals surface area contributed by atoms with Gasteiger partial charge in [-0.3, -0.25) is 4.68 Å². The van der Waals surface area contributed by atoms with Gasteiger partial charge >= 0.3 is 0 Å². The fourth-order valence-electron chi connectivity index (χ4n) is 2.44. The van der Waals surface area contributed by atoms with Crippen molar-refractivity contribution in [2.24, 2.45) is 0 Å². The number of hydrogen-bond donors (Lipinski definition) is 2. The Morgan fingerprint density at radius 1 is 1.57 bits per heavy atom. The number of anilines is 1. The molecular formula is C12H22N4O4S. The fraction of sp³-hybridized carbons (Fsp3) is 0.750. The second-order valence-corrected chi connectivity index (χ2v) is 7.62. The number of aryl methyl sites for hydroxylation is 1. The Labute approximate surface area is 124 Å². The molecule has 1 aliphatic heterocycles. The van der Waals surface area contributed by atoms with Crippen LogP contribution in [0.4, 0.5) is 5.82 Å². The summed E-state index contributed by atoms with van der Waals surface area (Å²) in [5, 5.41) is 13.3. The number of ether oxygens (including phenoxy) is 1. The van der Waals surface area contributed by atoms with Crippen LogP contribution in [0.15, 0.2) is 11.1 Å². The van der Waals surface area contributed by atoms with Crippen molar-refractivity contribution in [3.63, 3.8) is 0 Å². The number of nitrogens with zero attached hydrogens (tertiary/aromatic N) is 3. The zero-order chi connectivity index (χ0) is 15.8. The van der Waals surface area contributed by atoms with Crippen LogP contribution in [-0.2, 0) is 21.3 Å². The minimum Gasteiger partial charge on any atom is -0.394 e. The first-order valence-electron chi connectivity index (χ1n) is 6.81. The third-order valence-corrected chi connectivity index (χ3v) is 5.18. The summed E-state index contributed by atoms with van der Waals surface area (Å²) in [4.78, 5) is -0.00117. The average molecular weight is 318 g/mol. The molecule has 0 amide bonds. The van der Waals surface area contributed by atoms with Crippen molar-refractivity contribution < 1.29 is 18.3 Å². The van der Waals surface area contributed by atoms with Crippen LogP contribution in [0.2, 0.25) is 0 Å². The van der Waals surface area contributed by atoms with Gasteiger partial charge < -0.3 is 15.6 Å². The molecule has 120 valence electrons. The van der Waals surface area contributed by atoms with Gasteiger partial charge in [-0.15, -0.1) is 0 Å². The zero-order valence-electron chi connectivity index (χ0n) is 12.5. The lowest BCUT2D eigenvalue weighted by Gasteiger charge is -2.41. The summed E-state index contributed by atoms with van der Waals surface area (Å²) in [6.45, 7) is 6.02. The van der Waals surface area contributed by atoms with Gasteiger partial charge in [0, 0.05) is 25.8 Å². The highest BCUT2D eigenvalue weighted by atomic mass is 32.2. The summed E-state index contributed by atoms with van der Waals surface area (Å²) >= 11 is 0. The Morgan fingerprint density at radius 3 is 2.76 bits per heavy atom. The molecule has 9 heteroatoms. The molecule has 0 aromatic carbocycles. The lowest BCUT2D eigenvalue weighted by Crippen LogP contribution is -2.55. The van der Waals surface area contributed by atoms with Gasteiger partial charge in [0.1, 0.15) is 4.90 Å². The van der Waals surface area contributed by atoms with Gasteiger partial charge in [0.15, 0.2) is 5.82 Å². The maximum absolute atomic E-state index is 12.7. The molecule has 0 saturated carbocycles. The van der Waals surface area contributed by atoms with E-state index in [0.29, 0.717) is 6.54 Å². The Kier molecular flexibility index (Phi) is 4.29. The first-order chi connectivity index (χ1) is 9.69. The summed E-state index contributed by atoms with van der Waals surface area (Å²) in [6, 6.07) is 0. The van der Waals surface area contributed by atoms with Crippen molar-refractivity contribution in [3.8, 4) is 0 Å². The van der Waals surface area contributed by atoms with Gasteiger partial charge in [0.2, 0.25) is 10.0 Å². The van der Waals surface area contributed by atoms with Gasteiger partial charge in [0.05, 0.1) is 18.3 Å². The molecule has 1 unspecified atom stereocenters. The molecule has 3 N–H and O–H groups in total. The van der Waals surface area contributed by atoms with Crippen molar-refractivity contribution in [3.05, 3.63) is 6.20 Å². The van der Waals surface area contributed by atoms with Crippen molar-refractivity contribution >= 4 is 15.8 Å². The molecule has 2 heterocycles. The number of sulfonamides is 1. The first kappa shape index (κ1) is 16.2. The number of aliphatic hydroxyl groups excluding tert-OH is 1. The van der Waals surface area contributed by atoms with Crippen LogP contribution in [0, 0.1) is 0 Å². The standard InChI is InChI=1S/C12H22N4O4S/c1-4-15-6-10(11(13)14-15)21(18,19)16-5-9(7-17)20-12(2,3)8-16/h6,9,17H,4-5,7-8H2,1-3H3,(H2,13,14). The molecule has 21 heavy (non-hydrogen) atoms. The fourth-order valence-corrected chi connectivity index (χ4v) is 4.12. The number of rotatable bonds is 4. The summed E-state index contributed by atoms with van der Waals surface area (Å²) in [5.41, 5.74) is 5.05. The highest BCUT2D eigenvalue weighted by molar-refractivity contribution is 7.89. The molecule has 2 rings (SSSR count). The molecule has 0 radical (unpaired) electrons. The second-order valence-electron chi connectivity index (χ2n) is 5.71. The predicted octanol–water partition coefficient (Wildman–Crippen LogP) is -0.354. The summed E-state index contributed by atoms with van der Waals surface area (Å²) in [5.74, 6) is -0.0123. The van der Waals surface area contributed by atoms with Crippen molar-refractivity contribution in [2.75, 3.05) is 25.4 Å². The SMILES string of the molecule is CCn1cc(S(=O)(=O)N2CC(CO)OC(C)(C)C2)c(N)n1. The van der Waals surface area contributed by atoms with E-state index in [1.165, 1.54) is 15.2 Å². The van der Waals surface area contributed by atoms with E-state index >= 15 is 0 Å². The van der Waals surface area contributed by atoms with Gasteiger partial charge in [-0.25, -0.2) is 8.42 Å². The molecule has 0 aliphatic carbocycles. The van der Waals surface area contributed by atoms with Crippen LogP contribution < -0.4 is 5.73 Å². The van der Waals surface area contributed by atoms with Crippen LogP contribution in [-0.4, -0.2) is 59.0 Å². The van der Waals surface area contributed by atoms with Gasteiger partial charge in [-0.05, 0) is 20.8 Å². The number of hydrogen-bond acceptors (Lipinski definition) is 6. The molecule has 0 bridgehead atoms. The van der Waals surface area contributed by atoms with Crippen LogP contribution in [0.3, 0.4) is 0 Å². The van der Waals surface area contributed by atoms with E-state index in [4.69, 9.17) is 10.5 Å². The molecule has 0 spiro atoms. The minimum absolute atomic E-state index is 0.00117. The highest BCUT2D eigenvalue weighted by Crippen LogP contribution is 2.28. The van der Waals surface area contributed by atoms with E-state index in [1.54, 1.807) is 13.8 Å². The number of aliphatic hydroxyl groups is 1. The zero-order valence-corrected chi connectivity index (χ0v) is 13.3. The van der Waals surface area contributed by atoms with Crippen LogP contribution >= 0.6 is 0 Å². The number of aromatic nitrogens is 2. The van der Waals surface area contributed by atoms with Crippen LogP contribution in [0.25, 0.3) is 0 Å². The normalized spacial score (nSPS) is 23.3. The van der Waals surface area contributed by atoms with Gasteiger partial charge in [0.25, 0.3) is 0 Å².